The fourth-order valence-corrected chi connectivity index (χ4v) is 2.91. The molecule has 1 unspecified atom stereocenters. The van der Waals surface area contributed by atoms with E-state index in [9.17, 15) is 4.79 Å². The van der Waals surface area contributed by atoms with Gasteiger partial charge in [0.1, 0.15) is 0 Å². The van der Waals surface area contributed by atoms with Gasteiger partial charge in [-0.15, -0.1) is 0 Å². The Morgan fingerprint density at radius 2 is 2.19 bits per heavy atom. The summed E-state index contributed by atoms with van der Waals surface area (Å²) >= 11 is 0. The van der Waals surface area contributed by atoms with E-state index in [4.69, 9.17) is 0 Å². The van der Waals surface area contributed by atoms with E-state index < -0.39 is 0 Å². The molecule has 1 aromatic carbocycles. The van der Waals surface area contributed by atoms with Crippen molar-refractivity contribution in [2.45, 2.75) is 32.7 Å². The Balaban J connectivity index is 2.20. The maximum Gasteiger partial charge on any atom is 0.256 e. The maximum atomic E-state index is 12.9. The highest BCUT2D eigenvalue weighted by molar-refractivity contribution is 6.00. The van der Waals surface area contributed by atoms with Gasteiger partial charge in [0.2, 0.25) is 0 Å². The van der Waals surface area contributed by atoms with Crippen molar-refractivity contribution >= 4 is 11.6 Å². The molecule has 1 fully saturated rings. The summed E-state index contributed by atoms with van der Waals surface area (Å²) < 4.78 is 0. The van der Waals surface area contributed by atoms with Crippen molar-refractivity contribution in [2.24, 2.45) is 0 Å². The lowest BCUT2D eigenvalue weighted by molar-refractivity contribution is 0.0636. The third-order valence-electron chi connectivity index (χ3n) is 4.19. The summed E-state index contributed by atoms with van der Waals surface area (Å²) in [4.78, 5) is 17.1. The zero-order valence-electron chi connectivity index (χ0n) is 13.6. The van der Waals surface area contributed by atoms with Crippen LogP contribution >= 0.6 is 0 Å². The number of piperidine rings is 1. The van der Waals surface area contributed by atoms with Gasteiger partial charge in [0, 0.05) is 31.4 Å². The minimum atomic E-state index is 0.154. The molecule has 1 aliphatic rings. The summed E-state index contributed by atoms with van der Waals surface area (Å²) in [5.74, 6) is 0.154. The van der Waals surface area contributed by atoms with Crippen LogP contribution in [-0.2, 0) is 0 Å². The minimum absolute atomic E-state index is 0.154. The molecule has 2 rings (SSSR count). The average molecular weight is 289 g/mol. The second kappa shape index (κ2) is 6.94. The molecule has 4 nitrogen and oxygen atoms in total. The van der Waals surface area contributed by atoms with Gasteiger partial charge in [-0.2, -0.15) is 0 Å². The molecule has 1 atom stereocenters. The van der Waals surface area contributed by atoms with Crippen LogP contribution in [0.4, 0.5) is 5.69 Å². The van der Waals surface area contributed by atoms with E-state index in [1.54, 1.807) is 0 Å². The number of aryl methyl sites for hydroxylation is 1. The number of likely N-dealkylation sites (tertiary alicyclic amines) is 1. The molecule has 1 amide bonds. The Hall–Kier alpha value is -1.55. The molecule has 21 heavy (non-hydrogen) atoms. The summed E-state index contributed by atoms with van der Waals surface area (Å²) in [6, 6.07) is 6.53. The number of carbonyl (C=O) groups is 1. The number of amides is 1. The van der Waals surface area contributed by atoms with Crippen LogP contribution in [0.1, 0.15) is 35.7 Å². The van der Waals surface area contributed by atoms with Crippen LogP contribution in [0.3, 0.4) is 0 Å². The average Bonchev–Trinajstić information content (AvgIpc) is 2.48. The minimum Gasteiger partial charge on any atom is -0.385 e. The van der Waals surface area contributed by atoms with E-state index in [1.807, 2.05) is 30.0 Å². The Morgan fingerprint density at radius 3 is 2.86 bits per heavy atom. The van der Waals surface area contributed by atoms with Gasteiger partial charge < -0.3 is 15.1 Å². The molecule has 0 bridgehead atoms. The zero-order valence-corrected chi connectivity index (χ0v) is 13.6. The quantitative estimate of drug-likeness (QED) is 0.925. The van der Waals surface area contributed by atoms with Crippen LogP contribution in [-0.4, -0.2) is 55.5 Å². The van der Waals surface area contributed by atoms with Gasteiger partial charge in [-0.3, -0.25) is 4.79 Å². The van der Waals surface area contributed by atoms with Crippen molar-refractivity contribution in [2.75, 3.05) is 39.0 Å². The standard InChI is InChI=1S/C17H27N3O/c1-5-18-16-9-8-13(2)11-15(16)17(21)20-10-6-7-14(12-20)19(3)4/h8-9,11,14,18H,5-7,10,12H2,1-4H3. The van der Waals surface area contributed by atoms with E-state index in [2.05, 4.69) is 31.2 Å². The molecule has 1 aliphatic heterocycles. The monoisotopic (exact) mass is 289 g/mol. The number of nitrogens with one attached hydrogen (secondary N) is 1. The number of anilines is 1. The van der Waals surface area contributed by atoms with Crippen molar-refractivity contribution in [3.8, 4) is 0 Å². The zero-order chi connectivity index (χ0) is 15.4. The largest absolute Gasteiger partial charge is 0.385 e. The Morgan fingerprint density at radius 1 is 1.43 bits per heavy atom. The Kier molecular flexibility index (Phi) is 5.23. The molecule has 1 aromatic rings. The van der Waals surface area contributed by atoms with Crippen LogP contribution in [0.5, 0.6) is 0 Å². The Bertz CT molecular complexity index is 499. The number of rotatable bonds is 4. The molecule has 4 heteroatoms. The third-order valence-corrected chi connectivity index (χ3v) is 4.19. The van der Waals surface area contributed by atoms with E-state index in [0.717, 1.165) is 42.9 Å². The summed E-state index contributed by atoms with van der Waals surface area (Å²) in [6.07, 6.45) is 2.25. The first-order valence-electron chi connectivity index (χ1n) is 7.83. The van der Waals surface area contributed by atoms with Gasteiger partial charge in [-0.1, -0.05) is 11.6 Å². The molecular formula is C17H27N3O. The fourth-order valence-electron chi connectivity index (χ4n) is 2.91. The normalized spacial score (nSPS) is 18.9. The maximum absolute atomic E-state index is 12.9. The van der Waals surface area contributed by atoms with E-state index >= 15 is 0 Å². The summed E-state index contributed by atoms with van der Waals surface area (Å²) in [5.41, 5.74) is 2.87. The second-order valence-electron chi connectivity index (χ2n) is 6.09. The molecule has 116 valence electrons. The molecule has 0 saturated carbocycles. The first kappa shape index (κ1) is 15.8. The smallest absolute Gasteiger partial charge is 0.256 e. The predicted octanol–water partition coefficient (Wildman–Crippen LogP) is 2.59. The number of carbonyl (C=O) groups excluding carboxylic acids is 1. The van der Waals surface area contributed by atoms with Crippen molar-refractivity contribution in [1.29, 1.82) is 0 Å². The molecule has 0 radical (unpaired) electrons. The van der Waals surface area contributed by atoms with E-state index in [0.29, 0.717) is 6.04 Å². The fraction of sp³-hybridized carbons (Fsp3) is 0.588. The van der Waals surface area contributed by atoms with Crippen molar-refractivity contribution < 1.29 is 4.79 Å². The van der Waals surface area contributed by atoms with Gasteiger partial charge in [-0.05, 0) is 52.9 Å². The van der Waals surface area contributed by atoms with Crippen LogP contribution in [0.2, 0.25) is 0 Å². The van der Waals surface area contributed by atoms with Gasteiger partial charge in [0.15, 0.2) is 0 Å². The van der Waals surface area contributed by atoms with Crippen molar-refractivity contribution in [3.63, 3.8) is 0 Å². The number of likely N-dealkylation sites (N-methyl/N-ethyl adjacent to an activating group) is 1. The molecule has 0 spiro atoms. The van der Waals surface area contributed by atoms with Crippen LogP contribution in [0.15, 0.2) is 18.2 Å². The lowest BCUT2D eigenvalue weighted by atomic mass is 10.0. The molecule has 0 aliphatic carbocycles. The summed E-state index contributed by atoms with van der Waals surface area (Å²) in [6.45, 7) is 6.60. The first-order valence-corrected chi connectivity index (χ1v) is 7.83. The van der Waals surface area contributed by atoms with Crippen LogP contribution < -0.4 is 5.32 Å². The number of hydrogen-bond donors (Lipinski definition) is 1. The van der Waals surface area contributed by atoms with Crippen LogP contribution in [0, 0.1) is 6.92 Å². The van der Waals surface area contributed by atoms with Crippen molar-refractivity contribution in [3.05, 3.63) is 29.3 Å². The van der Waals surface area contributed by atoms with Gasteiger partial charge in [0.05, 0.1) is 5.56 Å². The SMILES string of the molecule is CCNc1ccc(C)cc1C(=O)N1CCCC(N(C)C)C1. The third kappa shape index (κ3) is 3.76. The van der Waals surface area contributed by atoms with Gasteiger partial charge >= 0.3 is 0 Å². The number of hydrogen-bond acceptors (Lipinski definition) is 3. The molecule has 1 saturated heterocycles. The van der Waals surface area contributed by atoms with Gasteiger partial charge in [-0.25, -0.2) is 0 Å². The molecule has 0 aromatic heterocycles. The summed E-state index contributed by atoms with van der Waals surface area (Å²) in [7, 11) is 4.19. The highest BCUT2D eigenvalue weighted by Crippen LogP contribution is 2.22. The highest BCUT2D eigenvalue weighted by atomic mass is 16.2. The van der Waals surface area contributed by atoms with E-state index in [1.165, 1.54) is 6.42 Å². The summed E-state index contributed by atoms with van der Waals surface area (Å²) in [5, 5.41) is 3.30. The predicted molar refractivity (Wildman–Crippen MR) is 88.0 cm³/mol. The number of benzene rings is 1. The highest BCUT2D eigenvalue weighted by Gasteiger charge is 2.26. The topological polar surface area (TPSA) is 35.6 Å². The number of nitrogens with zero attached hydrogens (tertiary/aromatic N) is 2. The molecular weight excluding hydrogens is 262 g/mol. The molecule has 1 heterocycles. The van der Waals surface area contributed by atoms with Crippen LogP contribution in [0.25, 0.3) is 0 Å². The Labute approximate surface area is 128 Å². The molecule has 1 N–H and O–H groups in total. The lowest BCUT2D eigenvalue weighted by Crippen LogP contribution is -2.47. The van der Waals surface area contributed by atoms with E-state index in [-0.39, 0.29) is 5.91 Å². The van der Waals surface area contributed by atoms with Gasteiger partial charge in [0.25, 0.3) is 5.91 Å². The van der Waals surface area contributed by atoms with Crippen molar-refractivity contribution in [1.82, 2.24) is 9.80 Å². The lowest BCUT2D eigenvalue weighted by Gasteiger charge is -2.36. The first-order chi connectivity index (χ1) is 10.0. The second-order valence-corrected chi connectivity index (χ2v) is 6.09.